The van der Waals surface area contributed by atoms with Crippen molar-refractivity contribution in [2.24, 2.45) is 0 Å². The second kappa shape index (κ2) is 7.23. The summed E-state index contributed by atoms with van der Waals surface area (Å²) >= 11 is 5.91. The number of carbonyl (C=O) groups is 2. The van der Waals surface area contributed by atoms with E-state index in [4.69, 9.17) is 11.6 Å². The maximum absolute atomic E-state index is 12.7. The Bertz CT molecular complexity index is 787. The lowest BCUT2D eigenvalue weighted by atomic mass is 10.3. The Morgan fingerprint density at radius 3 is 2.36 bits per heavy atom. The molecule has 0 N–H and O–H groups in total. The fraction of sp³-hybridized carbons (Fsp3) is 0.412. The number of halogens is 1. The zero-order valence-corrected chi connectivity index (χ0v) is 15.0. The molecular formula is C17H20ClN5O2. The molecule has 2 aromatic rings. The third-order valence-electron chi connectivity index (χ3n) is 4.26. The molecule has 1 aromatic heterocycles. The van der Waals surface area contributed by atoms with Gasteiger partial charge in [0.05, 0.1) is 5.69 Å². The minimum absolute atomic E-state index is 0.0373. The van der Waals surface area contributed by atoms with E-state index in [-0.39, 0.29) is 17.6 Å². The number of hydrogen-bond acceptors (Lipinski definition) is 4. The summed E-state index contributed by atoms with van der Waals surface area (Å²) in [6.07, 6.45) is 0.752. The van der Waals surface area contributed by atoms with Crippen LogP contribution >= 0.6 is 11.6 Å². The first-order valence-corrected chi connectivity index (χ1v) is 8.58. The topological polar surface area (TPSA) is 71.3 Å². The monoisotopic (exact) mass is 361 g/mol. The zero-order chi connectivity index (χ0) is 18.0. The molecule has 0 saturated carbocycles. The van der Waals surface area contributed by atoms with Gasteiger partial charge in [-0.25, -0.2) is 9.67 Å². The molecule has 0 atom stereocenters. The molecule has 132 valence electrons. The molecule has 1 aliphatic rings. The molecule has 8 heteroatoms. The predicted octanol–water partition coefficient (Wildman–Crippen LogP) is 1.92. The van der Waals surface area contributed by atoms with Crippen LogP contribution in [0.2, 0.25) is 5.02 Å². The standard InChI is InChI=1S/C17H20ClN5O2/c1-12-19-16(20-23(12)15-6-4-14(18)5-7-15)17(25)22-9-3-8-21(10-11-22)13(2)24/h4-7H,3,8-11H2,1-2H3. The molecule has 1 fully saturated rings. The molecule has 3 rings (SSSR count). The van der Waals surface area contributed by atoms with E-state index in [1.807, 2.05) is 12.1 Å². The van der Waals surface area contributed by atoms with Crippen molar-refractivity contribution >= 4 is 23.4 Å². The van der Waals surface area contributed by atoms with Crippen molar-refractivity contribution in [3.63, 3.8) is 0 Å². The third-order valence-corrected chi connectivity index (χ3v) is 4.51. The van der Waals surface area contributed by atoms with Crippen LogP contribution in [-0.2, 0) is 4.79 Å². The Morgan fingerprint density at radius 1 is 1.04 bits per heavy atom. The maximum Gasteiger partial charge on any atom is 0.293 e. The van der Waals surface area contributed by atoms with Gasteiger partial charge in [0.15, 0.2) is 0 Å². The highest BCUT2D eigenvalue weighted by molar-refractivity contribution is 6.30. The summed E-state index contributed by atoms with van der Waals surface area (Å²) in [5, 5.41) is 5.00. The van der Waals surface area contributed by atoms with Gasteiger partial charge in [-0.05, 0) is 37.6 Å². The normalized spacial score (nSPS) is 15.2. The SMILES string of the molecule is CC(=O)N1CCCN(C(=O)c2nc(C)n(-c3ccc(Cl)cc3)n2)CC1. The molecule has 2 amide bonds. The maximum atomic E-state index is 12.7. The summed E-state index contributed by atoms with van der Waals surface area (Å²) < 4.78 is 1.63. The fourth-order valence-electron chi connectivity index (χ4n) is 2.88. The minimum atomic E-state index is -0.207. The number of carbonyl (C=O) groups excluding carboxylic acids is 2. The lowest BCUT2D eigenvalue weighted by molar-refractivity contribution is -0.128. The van der Waals surface area contributed by atoms with Gasteiger partial charge < -0.3 is 9.80 Å². The van der Waals surface area contributed by atoms with Gasteiger partial charge in [0, 0.05) is 38.1 Å². The molecular weight excluding hydrogens is 342 g/mol. The number of benzene rings is 1. The van der Waals surface area contributed by atoms with Gasteiger partial charge in [-0.3, -0.25) is 9.59 Å². The number of hydrogen-bond donors (Lipinski definition) is 0. The second-order valence-electron chi connectivity index (χ2n) is 6.02. The van der Waals surface area contributed by atoms with Crippen molar-refractivity contribution in [1.29, 1.82) is 0 Å². The Morgan fingerprint density at radius 2 is 1.68 bits per heavy atom. The van der Waals surface area contributed by atoms with E-state index in [2.05, 4.69) is 10.1 Å². The number of aromatic nitrogens is 3. The second-order valence-corrected chi connectivity index (χ2v) is 6.46. The molecule has 1 aromatic carbocycles. The van der Waals surface area contributed by atoms with Crippen molar-refractivity contribution in [3.05, 3.63) is 40.9 Å². The van der Waals surface area contributed by atoms with Crippen LogP contribution in [0, 0.1) is 6.92 Å². The summed E-state index contributed by atoms with van der Waals surface area (Å²) in [6.45, 7) is 5.65. The van der Waals surface area contributed by atoms with E-state index in [0.29, 0.717) is 37.0 Å². The van der Waals surface area contributed by atoms with Crippen molar-refractivity contribution < 1.29 is 9.59 Å². The average molecular weight is 362 g/mol. The van der Waals surface area contributed by atoms with Gasteiger partial charge in [0.1, 0.15) is 5.82 Å². The molecule has 0 spiro atoms. The van der Waals surface area contributed by atoms with Crippen molar-refractivity contribution in [2.75, 3.05) is 26.2 Å². The number of rotatable bonds is 2. The van der Waals surface area contributed by atoms with Crippen molar-refractivity contribution in [3.8, 4) is 5.69 Å². The number of aryl methyl sites for hydroxylation is 1. The summed E-state index contributed by atoms with van der Waals surface area (Å²) in [5.41, 5.74) is 0.798. The Balaban J connectivity index is 1.78. The molecule has 1 aliphatic heterocycles. The lowest BCUT2D eigenvalue weighted by Crippen LogP contribution is -2.37. The van der Waals surface area contributed by atoms with Crippen LogP contribution in [0.3, 0.4) is 0 Å². The van der Waals surface area contributed by atoms with Crippen molar-refractivity contribution in [1.82, 2.24) is 24.6 Å². The Kier molecular flexibility index (Phi) is 5.03. The number of amides is 2. The van der Waals surface area contributed by atoms with Gasteiger partial charge in [0.2, 0.25) is 11.7 Å². The van der Waals surface area contributed by atoms with Crippen molar-refractivity contribution in [2.45, 2.75) is 20.3 Å². The van der Waals surface area contributed by atoms with E-state index >= 15 is 0 Å². The highest BCUT2D eigenvalue weighted by Gasteiger charge is 2.24. The van der Waals surface area contributed by atoms with Gasteiger partial charge >= 0.3 is 0 Å². The molecule has 0 bridgehead atoms. The van der Waals surface area contributed by atoms with Crippen LogP contribution < -0.4 is 0 Å². The van der Waals surface area contributed by atoms with Gasteiger partial charge in [-0.1, -0.05) is 11.6 Å². The van der Waals surface area contributed by atoms with Crippen LogP contribution in [0.1, 0.15) is 29.8 Å². The van der Waals surface area contributed by atoms with E-state index in [1.54, 1.807) is 40.5 Å². The van der Waals surface area contributed by atoms with Crippen LogP contribution in [-0.4, -0.2) is 62.6 Å². The summed E-state index contributed by atoms with van der Waals surface area (Å²) in [4.78, 5) is 32.0. The van der Waals surface area contributed by atoms with Gasteiger partial charge in [-0.15, -0.1) is 5.10 Å². The van der Waals surface area contributed by atoms with Crippen LogP contribution in [0.15, 0.2) is 24.3 Å². The molecule has 0 unspecified atom stereocenters. The van der Waals surface area contributed by atoms with E-state index in [0.717, 1.165) is 12.1 Å². The molecule has 2 heterocycles. The van der Waals surface area contributed by atoms with E-state index < -0.39 is 0 Å². The van der Waals surface area contributed by atoms with E-state index in [9.17, 15) is 9.59 Å². The first kappa shape index (κ1) is 17.4. The summed E-state index contributed by atoms with van der Waals surface area (Å²) in [6, 6.07) is 7.19. The zero-order valence-electron chi connectivity index (χ0n) is 14.3. The highest BCUT2D eigenvalue weighted by atomic mass is 35.5. The predicted molar refractivity (Wildman–Crippen MR) is 93.9 cm³/mol. The van der Waals surface area contributed by atoms with E-state index in [1.165, 1.54) is 0 Å². The first-order valence-electron chi connectivity index (χ1n) is 8.20. The fourth-order valence-corrected chi connectivity index (χ4v) is 3.01. The van der Waals surface area contributed by atoms with Gasteiger partial charge in [0.25, 0.3) is 5.91 Å². The van der Waals surface area contributed by atoms with Crippen LogP contribution in [0.4, 0.5) is 0 Å². The van der Waals surface area contributed by atoms with Crippen LogP contribution in [0.5, 0.6) is 0 Å². The summed E-state index contributed by atoms with van der Waals surface area (Å²) in [5.74, 6) is 0.631. The Hall–Kier alpha value is -2.41. The first-order chi connectivity index (χ1) is 12.0. The molecule has 0 radical (unpaired) electrons. The molecule has 7 nitrogen and oxygen atoms in total. The summed E-state index contributed by atoms with van der Waals surface area (Å²) in [7, 11) is 0. The Labute approximate surface area is 151 Å². The van der Waals surface area contributed by atoms with Gasteiger partial charge in [-0.2, -0.15) is 0 Å². The minimum Gasteiger partial charge on any atom is -0.341 e. The third kappa shape index (κ3) is 3.82. The molecule has 1 saturated heterocycles. The molecule has 0 aliphatic carbocycles. The van der Waals surface area contributed by atoms with Crippen LogP contribution in [0.25, 0.3) is 5.69 Å². The quantitative estimate of drug-likeness (QED) is 0.819. The largest absolute Gasteiger partial charge is 0.341 e. The average Bonchev–Trinajstić information content (AvgIpc) is 2.82. The number of nitrogens with zero attached hydrogens (tertiary/aromatic N) is 5. The lowest BCUT2D eigenvalue weighted by Gasteiger charge is -2.20. The molecule has 25 heavy (non-hydrogen) atoms. The highest BCUT2D eigenvalue weighted by Crippen LogP contribution is 2.15. The smallest absolute Gasteiger partial charge is 0.293 e.